The van der Waals surface area contributed by atoms with Crippen LogP contribution >= 0.6 is 0 Å². The van der Waals surface area contributed by atoms with Gasteiger partial charge < -0.3 is 10.6 Å². The number of nitrogens with zero attached hydrogens (tertiary/aromatic N) is 2. The Bertz CT molecular complexity index is 1130. The maximum absolute atomic E-state index is 14.1. The molecule has 0 fully saturated rings. The van der Waals surface area contributed by atoms with Crippen LogP contribution in [0.3, 0.4) is 0 Å². The summed E-state index contributed by atoms with van der Waals surface area (Å²) in [5, 5.41) is 5.49. The molecule has 2 aromatic carbocycles. The number of anilines is 2. The van der Waals surface area contributed by atoms with E-state index >= 15 is 0 Å². The van der Waals surface area contributed by atoms with Crippen LogP contribution in [-0.4, -0.2) is 37.6 Å². The highest BCUT2D eigenvalue weighted by atomic mass is 32.2. The fraction of sp³-hybridized carbons (Fsp3) is 0.105. The zero-order chi connectivity index (χ0) is 20.3. The molecule has 28 heavy (non-hydrogen) atoms. The highest BCUT2D eigenvalue weighted by molar-refractivity contribution is 7.90. The molecule has 1 aromatic heterocycles. The Morgan fingerprint density at radius 2 is 1.71 bits per heavy atom. The molecule has 0 aliphatic rings. The van der Waals surface area contributed by atoms with Gasteiger partial charge in [0.05, 0.1) is 4.90 Å². The van der Waals surface area contributed by atoms with Gasteiger partial charge in [0.2, 0.25) is 0 Å². The van der Waals surface area contributed by atoms with E-state index in [9.17, 15) is 17.6 Å². The molecule has 1 amide bonds. The number of halogens is 1. The third-order valence-electron chi connectivity index (χ3n) is 3.91. The second kappa shape index (κ2) is 7.73. The fourth-order valence-corrected chi connectivity index (χ4v) is 3.21. The Kier molecular flexibility index (Phi) is 5.36. The van der Waals surface area contributed by atoms with E-state index in [1.165, 1.54) is 48.8 Å². The van der Waals surface area contributed by atoms with Gasteiger partial charge in [-0.2, -0.15) is 0 Å². The number of aromatic nitrogens is 2. The van der Waals surface area contributed by atoms with Crippen LogP contribution in [0.4, 0.5) is 15.9 Å². The van der Waals surface area contributed by atoms with Crippen molar-refractivity contribution in [1.82, 2.24) is 9.97 Å². The Morgan fingerprint density at radius 3 is 2.36 bits per heavy atom. The van der Waals surface area contributed by atoms with Crippen LogP contribution in [0.2, 0.25) is 0 Å². The quantitative estimate of drug-likeness (QED) is 0.683. The summed E-state index contributed by atoms with van der Waals surface area (Å²) in [6.07, 6.45) is 4.08. The Morgan fingerprint density at radius 1 is 1.04 bits per heavy atom. The maximum Gasteiger partial charge on any atom is 0.255 e. The molecule has 7 nitrogen and oxygen atoms in total. The Balaban J connectivity index is 1.89. The van der Waals surface area contributed by atoms with Crippen LogP contribution in [0, 0.1) is 5.82 Å². The van der Waals surface area contributed by atoms with Gasteiger partial charge in [0.1, 0.15) is 11.5 Å². The number of benzene rings is 2. The standard InChI is InChI=1S/C19H17FN4O3S/c1-21-18-17(22-7-8-23-18)12-9-13(11-14(20)10-12)19(25)24-15-3-5-16(6-4-15)28(2,26)27/h3-11H,1-2H3,(H,21,23)(H,24,25). The zero-order valence-corrected chi connectivity index (χ0v) is 15.9. The smallest absolute Gasteiger partial charge is 0.255 e. The number of sulfone groups is 1. The summed E-state index contributed by atoms with van der Waals surface area (Å²) >= 11 is 0. The summed E-state index contributed by atoms with van der Waals surface area (Å²) < 4.78 is 37.1. The van der Waals surface area contributed by atoms with Gasteiger partial charge in [-0.1, -0.05) is 0 Å². The summed E-state index contributed by atoms with van der Waals surface area (Å²) in [4.78, 5) is 21.0. The van der Waals surface area contributed by atoms with Crippen molar-refractivity contribution in [2.24, 2.45) is 0 Å². The molecule has 0 saturated heterocycles. The minimum Gasteiger partial charge on any atom is -0.371 e. The molecule has 0 bridgehead atoms. The summed E-state index contributed by atoms with van der Waals surface area (Å²) in [6.45, 7) is 0. The maximum atomic E-state index is 14.1. The van der Waals surface area contributed by atoms with Crippen LogP contribution in [0.25, 0.3) is 11.3 Å². The Hall–Kier alpha value is -3.33. The molecule has 0 unspecified atom stereocenters. The van der Waals surface area contributed by atoms with E-state index in [0.717, 1.165) is 12.3 Å². The number of carbonyl (C=O) groups excluding carboxylic acids is 1. The molecule has 3 rings (SSSR count). The van der Waals surface area contributed by atoms with Gasteiger partial charge in [-0.05, 0) is 42.5 Å². The molecular weight excluding hydrogens is 383 g/mol. The van der Waals surface area contributed by atoms with Crippen LogP contribution < -0.4 is 10.6 Å². The van der Waals surface area contributed by atoms with Crippen molar-refractivity contribution >= 4 is 27.2 Å². The predicted octanol–water partition coefficient (Wildman–Crippen LogP) is 2.98. The molecule has 1 heterocycles. The van der Waals surface area contributed by atoms with Crippen molar-refractivity contribution in [2.45, 2.75) is 4.90 Å². The van der Waals surface area contributed by atoms with Crippen molar-refractivity contribution in [3.63, 3.8) is 0 Å². The molecule has 144 valence electrons. The van der Waals surface area contributed by atoms with Gasteiger partial charge in [-0.3, -0.25) is 9.78 Å². The Labute approximate surface area is 161 Å². The van der Waals surface area contributed by atoms with Gasteiger partial charge in [0.25, 0.3) is 5.91 Å². The van der Waals surface area contributed by atoms with Crippen LogP contribution in [0.5, 0.6) is 0 Å². The van der Waals surface area contributed by atoms with Gasteiger partial charge in [0.15, 0.2) is 15.7 Å². The van der Waals surface area contributed by atoms with E-state index in [4.69, 9.17) is 0 Å². The first-order valence-corrected chi connectivity index (χ1v) is 10.1. The van der Waals surface area contributed by atoms with E-state index in [2.05, 4.69) is 20.6 Å². The number of carbonyl (C=O) groups is 1. The zero-order valence-electron chi connectivity index (χ0n) is 15.1. The van der Waals surface area contributed by atoms with Gasteiger partial charge >= 0.3 is 0 Å². The van der Waals surface area contributed by atoms with Crippen LogP contribution in [0.15, 0.2) is 59.8 Å². The predicted molar refractivity (Wildman–Crippen MR) is 104 cm³/mol. The first kappa shape index (κ1) is 19.4. The largest absolute Gasteiger partial charge is 0.371 e. The molecule has 0 radical (unpaired) electrons. The number of rotatable bonds is 5. The normalized spacial score (nSPS) is 11.1. The summed E-state index contributed by atoms with van der Waals surface area (Å²) in [5.74, 6) is -0.679. The molecule has 0 aliphatic carbocycles. The minimum absolute atomic E-state index is 0.0925. The molecule has 9 heteroatoms. The van der Waals surface area contributed by atoms with Crippen molar-refractivity contribution in [1.29, 1.82) is 0 Å². The molecule has 0 saturated carbocycles. The first-order chi connectivity index (χ1) is 13.3. The van der Waals surface area contributed by atoms with Crippen molar-refractivity contribution in [3.05, 3.63) is 66.2 Å². The lowest BCUT2D eigenvalue weighted by molar-refractivity contribution is 0.102. The van der Waals surface area contributed by atoms with Gasteiger partial charge in [0, 0.05) is 42.5 Å². The van der Waals surface area contributed by atoms with Crippen molar-refractivity contribution in [3.8, 4) is 11.3 Å². The lowest BCUT2D eigenvalue weighted by Gasteiger charge is -2.10. The first-order valence-electron chi connectivity index (χ1n) is 8.19. The average Bonchev–Trinajstić information content (AvgIpc) is 2.67. The second-order valence-electron chi connectivity index (χ2n) is 5.98. The fourth-order valence-electron chi connectivity index (χ4n) is 2.58. The average molecular weight is 400 g/mol. The summed E-state index contributed by atoms with van der Waals surface area (Å²) in [5.41, 5.74) is 1.29. The van der Waals surface area contributed by atoms with Gasteiger partial charge in [-0.15, -0.1) is 0 Å². The number of amides is 1. The molecule has 2 N–H and O–H groups in total. The van der Waals surface area contributed by atoms with E-state index in [-0.39, 0.29) is 10.5 Å². The third-order valence-corrected chi connectivity index (χ3v) is 5.04. The van der Waals surface area contributed by atoms with Crippen LogP contribution in [-0.2, 0) is 9.84 Å². The topological polar surface area (TPSA) is 101 Å². The van der Waals surface area contributed by atoms with E-state index in [1.807, 2.05) is 0 Å². The highest BCUT2D eigenvalue weighted by Crippen LogP contribution is 2.25. The number of hydrogen-bond donors (Lipinski definition) is 2. The molecular formula is C19H17FN4O3S. The second-order valence-corrected chi connectivity index (χ2v) is 8.00. The van der Waals surface area contributed by atoms with E-state index in [0.29, 0.717) is 22.8 Å². The van der Waals surface area contributed by atoms with E-state index < -0.39 is 21.6 Å². The number of hydrogen-bond acceptors (Lipinski definition) is 6. The van der Waals surface area contributed by atoms with Crippen molar-refractivity contribution < 1.29 is 17.6 Å². The molecule has 0 atom stereocenters. The number of nitrogens with one attached hydrogen (secondary N) is 2. The highest BCUT2D eigenvalue weighted by Gasteiger charge is 2.14. The SMILES string of the molecule is CNc1nccnc1-c1cc(F)cc(C(=O)Nc2ccc(S(C)(=O)=O)cc2)c1. The van der Waals surface area contributed by atoms with Crippen molar-refractivity contribution in [2.75, 3.05) is 23.9 Å². The third kappa shape index (κ3) is 4.32. The molecule has 3 aromatic rings. The summed E-state index contributed by atoms with van der Waals surface area (Å²) in [7, 11) is -1.66. The van der Waals surface area contributed by atoms with E-state index in [1.54, 1.807) is 7.05 Å². The minimum atomic E-state index is -3.33. The monoisotopic (exact) mass is 400 g/mol. The van der Waals surface area contributed by atoms with Gasteiger partial charge in [-0.25, -0.2) is 17.8 Å². The molecule has 0 aliphatic heterocycles. The van der Waals surface area contributed by atoms with Crippen LogP contribution in [0.1, 0.15) is 10.4 Å². The summed E-state index contributed by atoms with van der Waals surface area (Å²) in [6, 6.07) is 9.60. The lowest BCUT2D eigenvalue weighted by atomic mass is 10.1. The molecule has 0 spiro atoms. The lowest BCUT2D eigenvalue weighted by Crippen LogP contribution is -2.12.